The zero-order chi connectivity index (χ0) is 19.6. The van der Waals surface area contributed by atoms with Crippen molar-refractivity contribution in [3.8, 4) is 6.07 Å². The number of carbonyl (C=O) groups is 1. The Labute approximate surface area is 179 Å². The summed E-state index contributed by atoms with van der Waals surface area (Å²) in [7, 11) is 0. The highest BCUT2D eigenvalue weighted by atomic mass is 35.5. The molecule has 1 aliphatic heterocycles. The third-order valence-corrected chi connectivity index (χ3v) is 6.05. The molecule has 2 aromatic heterocycles. The first-order chi connectivity index (χ1) is 13.6. The standard InChI is InChI=1S/C21H21N5OS.ClH/c22-12-15-10-14-4-1-2-6-18(14)25-19(15)21(7-8-24-13-21)26-20(27)17(23)11-16-5-3-9-28-16;/h1-6,9-10,17,24H,7-8,11,13,23H2,(H,26,27);1H/t17-,21-;/m0./s1. The van der Waals surface area contributed by atoms with E-state index in [-0.39, 0.29) is 18.3 Å². The lowest BCUT2D eigenvalue weighted by Crippen LogP contribution is -2.54. The van der Waals surface area contributed by atoms with Crippen molar-refractivity contribution in [3.63, 3.8) is 0 Å². The first-order valence-electron chi connectivity index (χ1n) is 9.22. The second kappa shape index (κ2) is 8.89. The van der Waals surface area contributed by atoms with E-state index in [1.807, 2.05) is 47.8 Å². The van der Waals surface area contributed by atoms with E-state index in [0.717, 1.165) is 22.3 Å². The highest BCUT2D eigenvalue weighted by Gasteiger charge is 2.41. The van der Waals surface area contributed by atoms with Gasteiger partial charge in [0.2, 0.25) is 5.91 Å². The van der Waals surface area contributed by atoms with Crippen molar-refractivity contribution in [1.29, 1.82) is 5.26 Å². The zero-order valence-corrected chi connectivity index (χ0v) is 17.4. The van der Waals surface area contributed by atoms with Gasteiger partial charge in [-0.2, -0.15) is 5.26 Å². The van der Waals surface area contributed by atoms with Gasteiger partial charge in [-0.05, 0) is 36.5 Å². The second-order valence-corrected chi connectivity index (χ2v) is 8.11. The molecule has 0 unspecified atom stereocenters. The zero-order valence-electron chi connectivity index (χ0n) is 15.7. The van der Waals surface area contributed by atoms with E-state index >= 15 is 0 Å². The molecule has 1 fully saturated rings. The SMILES string of the molecule is Cl.N#Cc1cc2ccccc2nc1[C@]1(NC(=O)[C@@H](N)Cc2cccs2)CCNC1. The van der Waals surface area contributed by atoms with E-state index < -0.39 is 11.6 Å². The number of aromatic nitrogens is 1. The van der Waals surface area contributed by atoms with Gasteiger partial charge in [-0.15, -0.1) is 23.7 Å². The molecule has 4 N–H and O–H groups in total. The molecule has 0 bridgehead atoms. The number of rotatable bonds is 5. The summed E-state index contributed by atoms with van der Waals surface area (Å²) in [4.78, 5) is 18.7. The van der Waals surface area contributed by atoms with Crippen LogP contribution in [0.25, 0.3) is 10.9 Å². The van der Waals surface area contributed by atoms with E-state index in [4.69, 9.17) is 10.7 Å². The summed E-state index contributed by atoms with van der Waals surface area (Å²) in [6, 6.07) is 15.1. The van der Waals surface area contributed by atoms with Crippen LogP contribution in [0.2, 0.25) is 0 Å². The number of carbonyl (C=O) groups excluding carboxylic acids is 1. The number of nitrogens with two attached hydrogens (primary N) is 1. The number of pyridine rings is 1. The van der Waals surface area contributed by atoms with Crippen molar-refractivity contribution in [2.45, 2.75) is 24.4 Å². The van der Waals surface area contributed by atoms with Crippen molar-refractivity contribution >= 4 is 40.6 Å². The molecule has 0 radical (unpaired) electrons. The molecule has 3 aromatic rings. The Kier molecular flexibility index (Phi) is 6.50. The number of para-hydroxylation sites is 1. The van der Waals surface area contributed by atoms with Crippen LogP contribution in [0.3, 0.4) is 0 Å². The van der Waals surface area contributed by atoms with Crippen molar-refractivity contribution in [3.05, 3.63) is 64.0 Å². The molecule has 1 aliphatic rings. The molecule has 1 amide bonds. The highest BCUT2D eigenvalue weighted by Crippen LogP contribution is 2.31. The Morgan fingerprint density at radius 2 is 2.21 bits per heavy atom. The van der Waals surface area contributed by atoms with Crippen molar-refractivity contribution < 1.29 is 4.79 Å². The normalized spacial score (nSPS) is 19.3. The summed E-state index contributed by atoms with van der Waals surface area (Å²) in [6.45, 7) is 1.25. The average Bonchev–Trinajstić information content (AvgIpc) is 3.39. The predicted molar refractivity (Wildman–Crippen MR) is 117 cm³/mol. The van der Waals surface area contributed by atoms with E-state index in [1.165, 1.54) is 0 Å². The fourth-order valence-electron chi connectivity index (χ4n) is 3.69. The number of nitrogens with one attached hydrogen (secondary N) is 2. The Hall–Kier alpha value is -2.50. The summed E-state index contributed by atoms with van der Waals surface area (Å²) in [6.07, 6.45) is 1.15. The summed E-state index contributed by atoms with van der Waals surface area (Å²) in [5, 5.41) is 19.0. The van der Waals surface area contributed by atoms with Gasteiger partial charge in [-0.25, -0.2) is 4.98 Å². The number of thiophene rings is 1. The minimum Gasteiger partial charge on any atom is -0.342 e. The van der Waals surface area contributed by atoms with Gasteiger partial charge in [0, 0.05) is 23.2 Å². The minimum atomic E-state index is -0.737. The number of fused-ring (bicyclic) bond motifs is 1. The molecular formula is C21H22ClN5OS. The van der Waals surface area contributed by atoms with Crippen LogP contribution in [0.1, 0.15) is 22.6 Å². The molecule has 8 heteroatoms. The predicted octanol–water partition coefficient (Wildman–Crippen LogP) is 2.46. The second-order valence-electron chi connectivity index (χ2n) is 7.08. The van der Waals surface area contributed by atoms with Gasteiger partial charge in [0.25, 0.3) is 0 Å². The Morgan fingerprint density at radius 1 is 1.38 bits per heavy atom. The summed E-state index contributed by atoms with van der Waals surface area (Å²) in [5.41, 5.74) is 7.33. The maximum absolute atomic E-state index is 12.9. The third-order valence-electron chi connectivity index (χ3n) is 5.15. The molecule has 29 heavy (non-hydrogen) atoms. The average molecular weight is 428 g/mol. The maximum Gasteiger partial charge on any atom is 0.238 e. The molecule has 0 aliphatic carbocycles. The number of halogens is 1. The summed E-state index contributed by atoms with van der Waals surface area (Å²) in [5.74, 6) is -0.226. The molecule has 1 saturated heterocycles. The fourth-order valence-corrected chi connectivity index (χ4v) is 4.46. The van der Waals surface area contributed by atoms with Gasteiger partial charge in [0.15, 0.2) is 0 Å². The van der Waals surface area contributed by atoms with Gasteiger partial charge in [0.1, 0.15) is 6.07 Å². The Morgan fingerprint density at radius 3 is 2.90 bits per heavy atom. The van der Waals surface area contributed by atoms with Crippen LogP contribution < -0.4 is 16.4 Å². The number of hydrogen-bond acceptors (Lipinski definition) is 6. The van der Waals surface area contributed by atoms with E-state index in [2.05, 4.69) is 16.7 Å². The van der Waals surface area contributed by atoms with Crippen molar-refractivity contribution in [1.82, 2.24) is 15.6 Å². The quantitative estimate of drug-likeness (QED) is 0.580. The summed E-state index contributed by atoms with van der Waals surface area (Å²) < 4.78 is 0. The molecule has 0 saturated carbocycles. The molecule has 4 rings (SSSR count). The third kappa shape index (κ3) is 4.26. The van der Waals surface area contributed by atoms with E-state index in [1.54, 1.807) is 11.3 Å². The van der Waals surface area contributed by atoms with Crippen LogP contribution in [-0.4, -0.2) is 30.0 Å². The fraction of sp³-hybridized carbons (Fsp3) is 0.286. The Bertz CT molecular complexity index is 1040. The minimum absolute atomic E-state index is 0. The first-order valence-corrected chi connectivity index (χ1v) is 10.1. The Balaban J connectivity index is 0.00000240. The lowest BCUT2D eigenvalue weighted by atomic mass is 9.89. The molecule has 150 valence electrons. The van der Waals surface area contributed by atoms with Gasteiger partial charge in [-0.1, -0.05) is 24.3 Å². The van der Waals surface area contributed by atoms with E-state index in [0.29, 0.717) is 30.6 Å². The lowest BCUT2D eigenvalue weighted by molar-refractivity contribution is -0.124. The maximum atomic E-state index is 12.9. The molecule has 2 atom stereocenters. The number of nitriles is 1. The highest BCUT2D eigenvalue weighted by molar-refractivity contribution is 7.09. The van der Waals surface area contributed by atoms with Gasteiger partial charge in [0.05, 0.1) is 28.4 Å². The van der Waals surface area contributed by atoms with Crippen molar-refractivity contribution in [2.75, 3.05) is 13.1 Å². The topological polar surface area (TPSA) is 104 Å². The van der Waals surface area contributed by atoms with Crippen LogP contribution in [-0.2, 0) is 16.8 Å². The number of benzene rings is 1. The van der Waals surface area contributed by atoms with E-state index in [9.17, 15) is 10.1 Å². The van der Waals surface area contributed by atoms with Gasteiger partial charge >= 0.3 is 0 Å². The molecule has 3 heterocycles. The lowest BCUT2D eigenvalue weighted by Gasteiger charge is -2.31. The van der Waals surface area contributed by atoms with Crippen LogP contribution in [0.5, 0.6) is 0 Å². The van der Waals surface area contributed by atoms with Crippen LogP contribution in [0, 0.1) is 11.3 Å². The molecule has 1 aromatic carbocycles. The molecular weight excluding hydrogens is 406 g/mol. The number of nitrogens with zero attached hydrogens (tertiary/aromatic N) is 2. The largest absolute Gasteiger partial charge is 0.342 e. The van der Waals surface area contributed by atoms with Crippen LogP contribution in [0.15, 0.2) is 47.8 Å². The van der Waals surface area contributed by atoms with Crippen molar-refractivity contribution in [2.24, 2.45) is 5.73 Å². The molecule has 0 spiro atoms. The number of amides is 1. The van der Waals surface area contributed by atoms with Gasteiger partial charge in [-0.3, -0.25) is 4.79 Å². The van der Waals surface area contributed by atoms with Crippen LogP contribution in [0.4, 0.5) is 0 Å². The summed E-state index contributed by atoms with van der Waals surface area (Å²) >= 11 is 1.59. The monoisotopic (exact) mass is 427 g/mol. The van der Waals surface area contributed by atoms with Crippen LogP contribution >= 0.6 is 23.7 Å². The smallest absolute Gasteiger partial charge is 0.238 e. The first kappa shape index (κ1) is 21.2. The van der Waals surface area contributed by atoms with Gasteiger partial charge < -0.3 is 16.4 Å². The molecule has 6 nitrogen and oxygen atoms in total. The number of hydrogen-bond donors (Lipinski definition) is 3.